The summed E-state index contributed by atoms with van der Waals surface area (Å²) in [4.78, 5) is 11.7. The molecule has 0 bridgehead atoms. The van der Waals surface area contributed by atoms with Gasteiger partial charge in [0.1, 0.15) is 11.5 Å². The first-order chi connectivity index (χ1) is 5.75. The van der Waals surface area contributed by atoms with Crippen LogP contribution in [0.5, 0.6) is 11.5 Å². The van der Waals surface area contributed by atoms with Crippen molar-refractivity contribution in [2.45, 2.75) is 4.90 Å². The number of fused-ring (bicyclic) bond motifs is 1. The van der Waals surface area contributed by atoms with E-state index in [-0.39, 0.29) is 11.7 Å². The summed E-state index contributed by atoms with van der Waals surface area (Å²) in [5.41, 5.74) is 0. The minimum atomic E-state index is -0.266. The third-order valence-corrected chi connectivity index (χ3v) is 2.52. The maximum Gasteiger partial charge on any atom is 0.321 e. The third-order valence-electron chi connectivity index (χ3n) is 1.50. The number of ether oxygens (including phenoxy) is 1. The van der Waals surface area contributed by atoms with E-state index in [4.69, 9.17) is 9.84 Å². The van der Waals surface area contributed by atoms with Crippen LogP contribution < -0.4 is 4.74 Å². The molecule has 0 saturated carbocycles. The van der Waals surface area contributed by atoms with Crippen LogP contribution in [0.1, 0.15) is 0 Å². The van der Waals surface area contributed by atoms with Gasteiger partial charge in [-0.05, 0) is 12.1 Å². The highest BCUT2D eigenvalue weighted by Gasteiger charge is 2.17. The molecule has 1 aromatic rings. The van der Waals surface area contributed by atoms with Gasteiger partial charge in [0.25, 0.3) is 0 Å². The molecule has 0 atom stereocenters. The summed E-state index contributed by atoms with van der Waals surface area (Å²) in [6.45, 7) is 0. The van der Waals surface area contributed by atoms with E-state index in [9.17, 15) is 4.79 Å². The number of phenols is 1. The molecule has 2 rings (SSSR count). The molecule has 1 N–H and O–H groups in total. The maximum absolute atomic E-state index is 10.8. The summed E-state index contributed by atoms with van der Waals surface area (Å²) in [5, 5.41) is 9.07. The summed E-state index contributed by atoms with van der Waals surface area (Å²) in [6, 6.07) is 4.76. The molecule has 12 heavy (non-hydrogen) atoms. The molecule has 0 aliphatic carbocycles. The van der Waals surface area contributed by atoms with Crippen LogP contribution in [0.3, 0.4) is 0 Å². The largest absolute Gasteiger partial charge is 0.508 e. The third kappa shape index (κ3) is 1.25. The normalized spacial score (nSPS) is 15.2. The summed E-state index contributed by atoms with van der Waals surface area (Å²) in [7, 11) is 0. The minimum absolute atomic E-state index is 0.115. The second kappa shape index (κ2) is 2.71. The Morgan fingerprint density at radius 1 is 1.50 bits per heavy atom. The van der Waals surface area contributed by atoms with E-state index in [2.05, 4.69) is 0 Å². The van der Waals surface area contributed by atoms with Crippen LogP contribution in [-0.2, 0) is 4.79 Å². The van der Waals surface area contributed by atoms with Crippen LogP contribution in [0.25, 0.3) is 0 Å². The molecule has 1 aliphatic rings. The summed E-state index contributed by atoms with van der Waals surface area (Å²) in [5.74, 6) is 0.649. The van der Waals surface area contributed by atoms with E-state index in [0.717, 1.165) is 4.90 Å². The van der Waals surface area contributed by atoms with Crippen molar-refractivity contribution in [3.63, 3.8) is 0 Å². The topological polar surface area (TPSA) is 46.5 Å². The number of carbonyl (C=O) groups is 1. The standard InChI is InChI=1S/C8H6O3S/c9-5-1-2-7-6(3-5)11-8(10)4-12-7/h1-3,9H,4H2. The van der Waals surface area contributed by atoms with E-state index in [1.165, 1.54) is 17.8 Å². The van der Waals surface area contributed by atoms with Crippen molar-refractivity contribution in [3.8, 4) is 11.5 Å². The molecule has 0 spiro atoms. The zero-order valence-corrected chi connectivity index (χ0v) is 6.93. The number of carbonyl (C=O) groups excluding carboxylic acids is 1. The number of thioether (sulfide) groups is 1. The highest BCUT2D eigenvalue weighted by Crippen LogP contribution is 2.35. The van der Waals surface area contributed by atoms with Crippen LogP contribution in [-0.4, -0.2) is 16.8 Å². The number of esters is 1. The lowest BCUT2D eigenvalue weighted by Gasteiger charge is -2.14. The second-order valence-electron chi connectivity index (χ2n) is 2.39. The van der Waals surface area contributed by atoms with Crippen LogP contribution in [0.2, 0.25) is 0 Å². The highest BCUT2D eigenvalue weighted by atomic mass is 32.2. The average Bonchev–Trinajstić information content (AvgIpc) is 2.03. The Morgan fingerprint density at radius 3 is 3.17 bits per heavy atom. The Kier molecular flexibility index (Phi) is 1.69. The van der Waals surface area contributed by atoms with Crippen molar-refractivity contribution in [2.75, 3.05) is 5.75 Å². The summed E-state index contributed by atoms with van der Waals surface area (Å²) >= 11 is 1.42. The first-order valence-electron chi connectivity index (χ1n) is 3.42. The molecule has 0 amide bonds. The Morgan fingerprint density at radius 2 is 2.33 bits per heavy atom. The number of aromatic hydroxyl groups is 1. The van der Waals surface area contributed by atoms with Gasteiger partial charge < -0.3 is 9.84 Å². The fourth-order valence-electron chi connectivity index (χ4n) is 0.985. The molecule has 1 aromatic carbocycles. The molecule has 3 nitrogen and oxygen atoms in total. The van der Waals surface area contributed by atoms with Crippen molar-refractivity contribution < 1.29 is 14.6 Å². The lowest BCUT2D eigenvalue weighted by molar-refractivity contribution is -0.131. The summed E-state index contributed by atoms with van der Waals surface area (Å²) < 4.78 is 4.89. The molecule has 0 aromatic heterocycles. The van der Waals surface area contributed by atoms with E-state index < -0.39 is 0 Å². The first-order valence-corrected chi connectivity index (χ1v) is 4.41. The second-order valence-corrected chi connectivity index (χ2v) is 3.41. The Hall–Kier alpha value is -1.16. The number of phenolic OH excluding ortho intramolecular Hbond substituents is 1. The lowest BCUT2D eigenvalue weighted by atomic mass is 10.3. The summed E-state index contributed by atoms with van der Waals surface area (Å²) in [6.07, 6.45) is 0. The molecule has 62 valence electrons. The molecule has 1 aliphatic heterocycles. The molecule has 0 radical (unpaired) electrons. The zero-order chi connectivity index (χ0) is 8.55. The van der Waals surface area contributed by atoms with Crippen LogP contribution in [0.15, 0.2) is 23.1 Å². The maximum atomic E-state index is 10.8. The lowest BCUT2D eigenvalue weighted by Crippen LogP contribution is -2.14. The van der Waals surface area contributed by atoms with Gasteiger partial charge in [-0.1, -0.05) is 0 Å². The Balaban J connectivity index is 2.44. The van der Waals surface area contributed by atoms with Crippen molar-refractivity contribution >= 4 is 17.7 Å². The number of benzene rings is 1. The Bertz CT molecular complexity index is 335. The molecular weight excluding hydrogens is 176 g/mol. The van der Waals surface area contributed by atoms with Gasteiger partial charge in [-0.25, -0.2) is 0 Å². The van der Waals surface area contributed by atoms with Gasteiger partial charge in [0.2, 0.25) is 0 Å². The van der Waals surface area contributed by atoms with Crippen molar-refractivity contribution in [1.29, 1.82) is 0 Å². The highest BCUT2D eigenvalue weighted by molar-refractivity contribution is 8.00. The van der Waals surface area contributed by atoms with Gasteiger partial charge in [-0.15, -0.1) is 11.8 Å². The van der Waals surface area contributed by atoms with Crippen molar-refractivity contribution in [1.82, 2.24) is 0 Å². The quantitative estimate of drug-likeness (QED) is 0.486. The zero-order valence-electron chi connectivity index (χ0n) is 6.11. The van der Waals surface area contributed by atoms with Gasteiger partial charge in [-0.3, -0.25) is 4.79 Å². The number of hydrogen-bond acceptors (Lipinski definition) is 4. The molecule has 0 fully saturated rings. The Labute approximate surface area is 73.3 Å². The molecule has 1 heterocycles. The van der Waals surface area contributed by atoms with Crippen molar-refractivity contribution in [2.24, 2.45) is 0 Å². The monoisotopic (exact) mass is 182 g/mol. The van der Waals surface area contributed by atoms with Crippen LogP contribution >= 0.6 is 11.8 Å². The fraction of sp³-hybridized carbons (Fsp3) is 0.125. The van der Waals surface area contributed by atoms with E-state index in [0.29, 0.717) is 11.5 Å². The predicted octanol–water partition coefficient (Wildman–Crippen LogP) is 1.40. The van der Waals surface area contributed by atoms with Crippen molar-refractivity contribution in [3.05, 3.63) is 18.2 Å². The van der Waals surface area contributed by atoms with Gasteiger partial charge in [-0.2, -0.15) is 0 Å². The first kappa shape index (κ1) is 7.49. The smallest absolute Gasteiger partial charge is 0.321 e. The fourth-order valence-corrected chi connectivity index (χ4v) is 1.72. The van der Waals surface area contributed by atoms with Gasteiger partial charge in [0, 0.05) is 6.07 Å². The average molecular weight is 182 g/mol. The predicted molar refractivity (Wildman–Crippen MR) is 44.5 cm³/mol. The van der Waals surface area contributed by atoms with Crippen LogP contribution in [0, 0.1) is 0 Å². The van der Waals surface area contributed by atoms with Gasteiger partial charge in [0.05, 0.1) is 10.6 Å². The number of hydrogen-bond donors (Lipinski definition) is 1. The number of rotatable bonds is 0. The van der Waals surface area contributed by atoms with E-state index >= 15 is 0 Å². The van der Waals surface area contributed by atoms with Gasteiger partial charge >= 0.3 is 5.97 Å². The molecular formula is C8H6O3S. The molecule has 0 unspecified atom stereocenters. The van der Waals surface area contributed by atoms with E-state index in [1.54, 1.807) is 12.1 Å². The van der Waals surface area contributed by atoms with E-state index in [1.807, 2.05) is 0 Å². The van der Waals surface area contributed by atoms with Gasteiger partial charge in [0.15, 0.2) is 0 Å². The van der Waals surface area contributed by atoms with Crippen LogP contribution in [0.4, 0.5) is 0 Å². The SMILES string of the molecule is O=C1CSc2ccc(O)cc2O1. The minimum Gasteiger partial charge on any atom is -0.508 e. The molecule has 4 heteroatoms. The molecule has 0 saturated heterocycles.